The van der Waals surface area contributed by atoms with Crippen molar-refractivity contribution in [2.24, 2.45) is 0 Å². The SMILES string of the molecule is CCC(C)(CCO)NC(=O)c1cc(-c2ccco2)on1. The van der Waals surface area contributed by atoms with Crippen molar-refractivity contribution in [1.82, 2.24) is 10.5 Å². The van der Waals surface area contributed by atoms with Gasteiger partial charge in [0.2, 0.25) is 5.76 Å². The van der Waals surface area contributed by atoms with Crippen LogP contribution in [0.1, 0.15) is 37.2 Å². The average molecular weight is 278 g/mol. The lowest BCUT2D eigenvalue weighted by Gasteiger charge is -2.28. The van der Waals surface area contributed by atoms with Crippen molar-refractivity contribution < 1.29 is 18.8 Å². The molecule has 0 aliphatic carbocycles. The van der Waals surface area contributed by atoms with Crippen molar-refractivity contribution in [1.29, 1.82) is 0 Å². The fourth-order valence-corrected chi connectivity index (χ4v) is 1.83. The van der Waals surface area contributed by atoms with Gasteiger partial charge < -0.3 is 19.4 Å². The summed E-state index contributed by atoms with van der Waals surface area (Å²) in [7, 11) is 0. The molecule has 0 fully saturated rings. The zero-order valence-corrected chi connectivity index (χ0v) is 11.5. The Labute approximate surface area is 116 Å². The van der Waals surface area contributed by atoms with E-state index in [0.717, 1.165) is 0 Å². The van der Waals surface area contributed by atoms with Crippen LogP contribution in [0.15, 0.2) is 33.4 Å². The maximum atomic E-state index is 12.1. The number of hydrogen-bond acceptors (Lipinski definition) is 5. The number of nitrogens with zero attached hydrogens (tertiary/aromatic N) is 1. The molecule has 6 nitrogen and oxygen atoms in total. The van der Waals surface area contributed by atoms with E-state index in [1.54, 1.807) is 12.1 Å². The molecular weight excluding hydrogens is 260 g/mol. The Balaban J connectivity index is 2.10. The number of rotatable bonds is 6. The van der Waals surface area contributed by atoms with Crippen LogP contribution in [0.3, 0.4) is 0 Å². The first-order valence-corrected chi connectivity index (χ1v) is 6.52. The highest BCUT2D eigenvalue weighted by atomic mass is 16.5. The fraction of sp³-hybridized carbons (Fsp3) is 0.429. The number of aromatic nitrogens is 1. The van der Waals surface area contributed by atoms with Crippen molar-refractivity contribution in [3.05, 3.63) is 30.2 Å². The highest BCUT2D eigenvalue weighted by Crippen LogP contribution is 2.21. The molecule has 2 N–H and O–H groups in total. The molecule has 0 saturated carbocycles. The zero-order chi connectivity index (χ0) is 14.6. The van der Waals surface area contributed by atoms with Crippen molar-refractivity contribution in [2.45, 2.75) is 32.2 Å². The third-order valence-corrected chi connectivity index (χ3v) is 3.37. The van der Waals surface area contributed by atoms with Gasteiger partial charge in [-0.25, -0.2) is 0 Å². The van der Waals surface area contributed by atoms with Gasteiger partial charge in [-0.2, -0.15) is 0 Å². The van der Waals surface area contributed by atoms with E-state index in [1.165, 1.54) is 12.3 Å². The van der Waals surface area contributed by atoms with Gasteiger partial charge in [0.15, 0.2) is 11.5 Å². The Morgan fingerprint density at radius 3 is 2.90 bits per heavy atom. The van der Waals surface area contributed by atoms with E-state index in [2.05, 4.69) is 10.5 Å². The monoisotopic (exact) mass is 278 g/mol. The topological polar surface area (TPSA) is 88.5 Å². The van der Waals surface area contributed by atoms with Crippen LogP contribution in [0.5, 0.6) is 0 Å². The number of aliphatic hydroxyl groups excluding tert-OH is 1. The summed E-state index contributed by atoms with van der Waals surface area (Å²) in [6, 6.07) is 4.99. The summed E-state index contributed by atoms with van der Waals surface area (Å²) in [5.41, 5.74) is -0.274. The molecule has 0 aliphatic heterocycles. The van der Waals surface area contributed by atoms with Crippen LogP contribution in [0.2, 0.25) is 0 Å². The molecule has 0 aliphatic rings. The van der Waals surface area contributed by atoms with Crippen LogP contribution < -0.4 is 5.32 Å². The summed E-state index contributed by atoms with van der Waals surface area (Å²) in [6.07, 6.45) is 2.72. The largest absolute Gasteiger partial charge is 0.461 e. The fourth-order valence-electron chi connectivity index (χ4n) is 1.83. The Bertz CT molecular complexity index is 562. The normalized spacial score (nSPS) is 13.9. The van der Waals surface area contributed by atoms with Gasteiger partial charge in [-0.3, -0.25) is 4.79 Å². The predicted molar refractivity (Wildman–Crippen MR) is 72.1 cm³/mol. The highest BCUT2D eigenvalue weighted by molar-refractivity contribution is 5.93. The number of aliphatic hydroxyl groups is 1. The molecule has 6 heteroatoms. The van der Waals surface area contributed by atoms with E-state index >= 15 is 0 Å². The number of amides is 1. The van der Waals surface area contributed by atoms with E-state index < -0.39 is 5.54 Å². The Hall–Kier alpha value is -2.08. The Kier molecular flexibility index (Phi) is 4.24. The molecule has 2 rings (SSSR count). The van der Waals surface area contributed by atoms with E-state index in [4.69, 9.17) is 14.0 Å². The molecule has 0 spiro atoms. The van der Waals surface area contributed by atoms with Crippen LogP contribution in [-0.2, 0) is 0 Å². The van der Waals surface area contributed by atoms with E-state index in [9.17, 15) is 4.79 Å². The molecule has 1 unspecified atom stereocenters. The zero-order valence-electron chi connectivity index (χ0n) is 11.5. The highest BCUT2D eigenvalue weighted by Gasteiger charge is 2.26. The first-order valence-electron chi connectivity index (χ1n) is 6.52. The van der Waals surface area contributed by atoms with E-state index in [1.807, 2.05) is 13.8 Å². The average Bonchev–Trinajstić information content (AvgIpc) is 3.09. The lowest BCUT2D eigenvalue weighted by Crippen LogP contribution is -2.46. The van der Waals surface area contributed by atoms with Crippen molar-refractivity contribution in [2.75, 3.05) is 6.61 Å². The van der Waals surface area contributed by atoms with Gasteiger partial charge in [0.05, 0.1) is 6.26 Å². The van der Waals surface area contributed by atoms with Crippen LogP contribution in [0.4, 0.5) is 0 Å². The molecule has 0 aromatic carbocycles. The molecule has 2 heterocycles. The smallest absolute Gasteiger partial charge is 0.273 e. The standard InChI is InChI=1S/C14H18N2O4/c1-3-14(2,6-7-17)15-13(18)10-9-12(20-16-10)11-5-4-8-19-11/h4-5,8-9,17H,3,6-7H2,1-2H3,(H,15,18). The minimum atomic E-state index is -0.463. The molecule has 2 aromatic rings. The Morgan fingerprint density at radius 1 is 1.50 bits per heavy atom. The molecule has 108 valence electrons. The minimum absolute atomic E-state index is 0.0150. The van der Waals surface area contributed by atoms with Gasteiger partial charge in [0.25, 0.3) is 5.91 Å². The second kappa shape index (κ2) is 5.92. The molecule has 1 atom stereocenters. The summed E-state index contributed by atoms with van der Waals surface area (Å²) >= 11 is 0. The number of furan rings is 1. The van der Waals surface area contributed by atoms with Crippen LogP contribution in [0.25, 0.3) is 11.5 Å². The first kappa shape index (κ1) is 14.3. The number of nitrogens with one attached hydrogen (secondary N) is 1. The van der Waals surface area contributed by atoms with Crippen molar-refractivity contribution >= 4 is 5.91 Å². The van der Waals surface area contributed by atoms with Crippen LogP contribution >= 0.6 is 0 Å². The van der Waals surface area contributed by atoms with Gasteiger partial charge >= 0.3 is 0 Å². The van der Waals surface area contributed by atoms with Gasteiger partial charge in [-0.05, 0) is 31.9 Å². The molecular formula is C14H18N2O4. The summed E-state index contributed by atoms with van der Waals surface area (Å²) in [5, 5.41) is 15.7. The van der Waals surface area contributed by atoms with Crippen LogP contribution in [-0.4, -0.2) is 28.3 Å². The molecule has 0 bridgehead atoms. The minimum Gasteiger partial charge on any atom is -0.461 e. The van der Waals surface area contributed by atoms with E-state index in [-0.39, 0.29) is 18.2 Å². The third-order valence-electron chi connectivity index (χ3n) is 3.37. The predicted octanol–water partition coefficient (Wildman–Crippen LogP) is 2.22. The van der Waals surface area contributed by atoms with Gasteiger partial charge in [-0.15, -0.1) is 0 Å². The third kappa shape index (κ3) is 3.08. The maximum absolute atomic E-state index is 12.1. The number of hydrogen-bond donors (Lipinski definition) is 2. The number of carbonyl (C=O) groups excluding carboxylic acids is 1. The quantitative estimate of drug-likeness (QED) is 0.845. The molecule has 1 amide bonds. The number of carbonyl (C=O) groups is 1. The molecule has 20 heavy (non-hydrogen) atoms. The summed E-state index contributed by atoms with van der Waals surface area (Å²) in [6.45, 7) is 3.85. The maximum Gasteiger partial charge on any atom is 0.273 e. The lowest BCUT2D eigenvalue weighted by atomic mass is 9.95. The second-order valence-corrected chi connectivity index (χ2v) is 4.90. The molecule has 0 radical (unpaired) electrons. The van der Waals surface area contributed by atoms with Gasteiger partial charge in [0.1, 0.15) is 0 Å². The van der Waals surface area contributed by atoms with Gasteiger partial charge in [-0.1, -0.05) is 12.1 Å². The van der Waals surface area contributed by atoms with E-state index in [0.29, 0.717) is 24.4 Å². The summed E-state index contributed by atoms with van der Waals surface area (Å²) in [4.78, 5) is 12.1. The first-order chi connectivity index (χ1) is 9.58. The lowest BCUT2D eigenvalue weighted by molar-refractivity contribution is 0.0877. The van der Waals surface area contributed by atoms with Crippen LogP contribution in [0, 0.1) is 0 Å². The summed E-state index contributed by atoms with van der Waals surface area (Å²) in [5.74, 6) is 0.593. The molecule has 0 saturated heterocycles. The molecule has 2 aromatic heterocycles. The van der Waals surface area contributed by atoms with Crippen molar-refractivity contribution in [3.63, 3.8) is 0 Å². The van der Waals surface area contributed by atoms with Crippen molar-refractivity contribution in [3.8, 4) is 11.5 Å². The summed E-state index contributed by atoms with van der Waals surface area (Å²) < 4.78 is 10.3. The Morgan fingerprint density at radius 2 is 2.30 bits per heavy atom. The second-order valence-electron chi connectivity index (χ2n) is 4.90. The van der Waals surface area contributed by atoms with Gasteiger partial charge in [0, 0.05) is 18.2 Å².